The van der Waals surface area contributed by atoms with Crippen LogP contribution in [0.3, 0.4) is 0 Å². The van der Waals surface area contributed by atoms with Crippen molar-refractivity contribution in [3.8, 4) is 11.3 Å². The molecule has 0 aliphatic heterocycles. The number of fused-ring (bicyclic) bond motifs is 6. The maximum Gasteiger partial charge on any atom is 0.126 e. The minimum atomic E-state index is 0.935. The Kier molecular flexibility index (Phi) is 2.28. The molecule has 2 nitrogen and oxygen atoms in total. The van der Waals surface area contributed by atoms with E-state index in [0.29, 0.717) is 0 Å². The van der Waals surface area contributed by atoms with E-state index in [1.54, 1.807) is 0 Å². The van der Waals surface area contributed by atoms with Crippen molar-refractivity contribution in [1.82, 2.24) is 4.98 Å². The van der Waals surface area contributed by atoms with Crippen LogP contribution in [0.5, 0.6) is 0 Å². The van der Waals surface area contributed by atoms with Crippen LogP contribution in [-0.4, -0.2) is 4.98 Å². The van der Waals surface area contributed by atoms with Crippen LogP contribution in [-0.2, 0) is 19.3 Å². The fourth-order valence-electron chi connectivity index (χ4n) is 3.85. The molecule has 3 aromatic rings. The topological polar surface area (TPSA) is 38.9 Å². The van der Waals surface area contributed by atoms with Crippen molar-refractivity contribution in [2.75, 3.05) is 5.73 Å². The Hall–Kier alpha value is -1.87. The molecule has 104 valence electrons. The van der Waals surface area contributed by atoms with Gasteiger partial charge in [0.05, 0.1) is 5.69 Å². The van der Waals surface area contributed by atoms with E-state index in [4.69, 9.17) is 10.7 Å². The van der Waals surface area contributed by atoms with Gasteiger partial charge in [-0.05, 0) is 36.8 Å². The van der Waals surface area contributed by atoms with Gasteiger partial charge in [-0.1, -0.05) is 24.3 Å². The summed E-state index contributed by atoms with van der Waals surface area (Å²) in [5.41, 5.74) is 14.1. The van der Waals surface area contributed by atoms with E-state index in [9.17, 15) is 0 Å². The zero-order valence-corrected chi connectivity index (χ0v) is 12.6. The van der Waals surface area contributed by atoms with Crippen molar-refractivity contribution >= 4 is 27.2 Å². The molecular formula is C18H16N2S. The number of thiophene rings is 1. The van der Waals surface area contributed by atoms with Gasteiger partial charge in [-0.15, -0.1) is 11.3 Å². The molecule has 0 atom stereocenters. The summed E-state index contributed by atoms with van der Waals surface area (Å²) in [4.78, 5) is 7.67. The van der Waals surface area contributed by atoms with Gasteiger partial charge in [0.15, 0.2) is 0 Å². The molecule has 3 heteroatoms. The molecule has 0 bridgehead atoms. The Morgan fingerprint density at radius 1 is 1.05 bits per heavy atom. The van der Waals surface area contributed by atoms with E-state index < -0.39 is 0 Å². The Morgan fingerprint density at radius 2 is 1.90 bits per heavy atom. The van der Waals surface area contributed by atoms with Crippen molar-refractivity contribution in [2.45, 2.75) is 32.1 Å². The number of aryl methyl sites for hydroxylation is 2. The summed E-state index contributed by atoms with van der Waals surface area (Å²) < 4.78 is 0. The molecule has 0 fully saturated rings. The third-order valence-corrected chi connectivity index (χ3v) is 6.07. The maximum atomic E-state index is 6.58. The first-order valence-corrected chi connectivity index (χ1v) is 8.45. The summed E-state index contributed by atoms with van der Waals surface area (Å²) >= 11 is 1.86. The number of rotatable bonds is 0. The predicted octanol–water partition coefficient (Wildman–Crippen LogP) is 4.33. The van der Waals surface area contributed by atoms with Gasteiger partial charge in [0.1, 0.15) is 4.83 Å². The normalized spacial score (nSPS) is 15.8. The number of aromatic nitrogens is 1. The largest absolute Gasteiger partial charge is 0.398 e. The number of benzene rings is 1. The third kappa shape index (κ3) is 1.50. The zero-order chi connectivity index (χ0) is 14.0. The second kappa shape index (κ2) is 4.08. The summed E-state index contributed by atoms with van der Waals surface area (Å²) in [6.45, 7) is 0. The molecule has 0 saturated carbocycles. The quantitative estimate of drug-likeness (QED) is 0.524. The molecule has 0 radical (unpaired) electrons. The maximum absolute atomic E-state index is 6.58. The van der Waals surface area contributed by atoms with Crippen molar-refractivity contribution in [3.63, 3.8) is 0 Å². The van der Waals surface area contributed by atoms with E-state index in [1.165, 1.54) is 58.2 Å². The summed E-state index contributed by atoms with van der Waals surface area (Å²) in [6, 6.07) is 8.56. The molecule has 1 aromatic carbocycles. The highest BCUT2D eigenvalue weighted by molar-refractivity contribution is 7.19. The van der Waals surface area contributed by atoms with Gasteiger partial charge in [-0.2, -0.15) is 0 Å². The minimum Gasteiger partial charge on any atom is -0.398 e. The average molecular weight is 292 g/mol. The highest BCUT2D eigenvalue weighted by atomic mass is 32.1. The summed E-state index contributed by atoms with van der Waals surface area (Å²) in [5, 5.41) is 1.27. The summed E-state index contributed by atoms with van der Waals surface area (Å²) in [6.07, 6.45) is 5.91. The molecule has 0 amide bonds. The van der Waals surface area contributed by atoms with Gasteiger partial charge in [0.25, 0.3) is 0 Å². The molecule has 21 heavy (non-hydrogen) atoms. The lowest BCUT2D eigenvalue weighted by molar-refractivity contribution is 0.700. The molecule has 2 aliphatic carbocycles. The minimum absolute atomic E-state index is 0.935. The predicted molar refractivity (Wildman–Crippen MR) is 88.9 cm³/mol. The molecule has 2 N–H and O–H groups in total. The average Bonchev–Trinajstić information content (AvgIpc) is 3.06. The standard InChI is InChI=1S/C18H16N2S/c19-16-13-9-10-5-1-2-6-11(10)17(13)20-18-15(16)12-7-3-4-8-14(12)21-18/h1-2,5-6H,3-4,7-9H2,(H2,19,20). The number of hydrogen-bond donors (Lipinski definition) is 1. The highest BCUT2D eigenvalue weighted by Gasteiger charge is 2.27. The monoisotopic (exact) mass is 292 g/mol. The number of pyridine rings is 1. The van der Waals surface area contributed by atoms with Gasteiger partial charge in [0.2, 0.25) is 0 Å². The number of nitrogens with zero attached hydrogens (tertiary/aromatic N) is 1. The second-order valence-electron chi connectivity index (χ2n) is 6.08. The number of anilines is 1. The molecule has 0 saturated heterocycles. The van der Waals surface area contributed by atoms with Crippen LogP contribution in [0.2, 0.25) is 0 Å². The van der Waals surface area contributed by atoms with Gasteiger partial charge < -0.3 is 5.73 Å². The first-order valence-electron chi connectivity index (χ1n) is 7.64. The lowest BCUT2D eigenvalue weighted by Gasteiger charge is -2.12. The van der Waals surface area contributed by atoms with Crippen molar-refractivity contribution < 1.29 is 0 Å². The number of hydrogen-bond acceptors (Lipinski definition) is 3. The van der Waals surface area contributed by atoms with Crippen LogP contribution in [0.25, 0.3) is 21.5 Å². The lowest BCUT2D eigenvalue weighted by atomic mass is 9.95. The second-order valence-corrected chi connectivity index (χ2v) is 7.16. The van der Waals surface area contributed by atoms with E-state index >= 15 is 0 Å². The fraction of sp³-hybridized carbons (Fsp3) is 0.278. The van der Waals surface area contributed by atoms with E-state index in [-0.39, 0.29) is 0 Å². The van der Waals surface area contributed by atoms with Crippen LogP contribution in [0, 0.1) is 0 Å². The van der Waals surface area contributed by atoms with Crippen LogP contribution in [0.15, 0.2) is 24.3 Å². The first kappa shape index (κ1) is 11.8. The lowest BCUT2D eigenvalue weighted by Crippen LogP contribution is -2.01. The van der Waals surface area contributed by atoms with Crippen LogP contribution in [0.4, 0.5) is 5.69 Å². The van der Waals surface area contributed by atoms with E-state index in [2.05, 4.69) is 24.3 Å². The fourth-order valence-corrected chi connectivity index (χ4v) is 5.13. The molecular weight excluding hydrogens is 276 g/mol. The number of nitrogen functional groups attached to an aromatic ring is 1. The Labute approximate surface area is 127 Å². The molecule has 0 spiro atoms. The van der Waals surface area contributed by atoms with Crippen LogP contribution >= 0.6 is 11.3 Å². The SMILES string of the molecule is Nc1c2c(nc3sc4c(c13)CCCC4)-c1ccccc1C2. The van der Waals surface area contributed by atoms with Crippen LogP contribution < -0.4 is 5.73 Å². The van der Waals surface area contributed by atoms with Crippen LogP contribution in [0.1, 0.15) is 34.4 Å². The highest BCUT2D eigenvalue weighted by Crippen LogP contribution is 2.45. The van der Waals surface area contributed by atoms with Crippen molar-refractivity contribution in [3.05, 3.63) is 45.8 Å². The van der Waals surface area contributed by atoms with Gasteiger partial charge in [-0.25, -0.2) is 4.98 Å². The van der Waals surface area contributed by atoms with Gasteiger partial charge >= 0.3 is 0 Å². The van der Waals surface area contributed by atoms with Crippen molar-refractivity contribution in [2.24, 2.45) is 0 Å². The number of nitrogens with two attached hydrogens (primary N) is 1. The Morgan fingerprint density at radius 3 is 2.86 bits per heavy atom. The Bertz CT molecular complexity index is 892. The summed E-state index contributed by atoms with van der Waals surface area (Å²) in [5.74, 6) is 0. The third-order valence-electron chi connectivity index (χ3n) is 4.89. The van der Waals surface area contributed by atoms with Crippen molar-refractivity contribution in [1.29, 1.82) is 0 Å². The Balaban J connectivity index is 1.85. The molecule has 2 aliphatic rings. The molecule has 0 unspecified atom stereocenters. The first-order chi connectivity index (χ1) is 10.3. The molecule has 2 heterocycles. The van der Waals surface area contributed by atoms with Gasteiger partial charge in [0, 0.05) is 33.5 Å². The van der Waals surface area contributed by atoms with E-state index in [0.717, 1.165) is 22.6 Å². The summed E-state index contributed by atoms with van der Waals surface area (Å²) in [7, 11) is 0. The molecule has 5 rings (SSSR count). The smallest absolute Gasteiger partial charge is 0.126 e. The molecule has 2 aromatic heterocycles. The van der Waals surface area contributed by atoms with Gasteiger partial charge in [-0.3, -0.25) is 0 Å². The van der Waals surface area contributed by atoms with E-state index in [1.807, 2.05) is 11.3 Å². The zero-order valence-electron chi connectivity index (χ0n) is 11.8.